The van der Waals surface area contributed by atoms with E-state index in [9.17, 15) is 18.4 Å². The molecule has 20 heavy (non-hydrogen) atoms. The van der Waals surface area contributed by atoms with Crippen LogP contribution in [0, 0.1) is 11.6 Å². The summed E-state index contributed by atoms with van der Waals surface area (Å²) in [4.78, 5) is 26.3. The summed E-state index contributed by atoms with van der Waals surface area (Å²) in [7, 11) is 1.20. The molecule has 0 aliphatic heterocycles. The number of methoxy groups -OCH3 is 1. The number of pyridine rings is 1. The van der Waals surface area contributed by atoms with Gasteiger partial charge in [-0.1, -0.05) is 0 Å². The zero-order valence-electron chi connectivity index (χ0n) is 10.4. The predicted octanol–water partition coefficient (Wildman–Crippen LogP) is 1.42. The second kappa shape index (κ2) is 5.60. The molecule has 0 radical (unpaired) electrons. The van der Waals surface area contributed by atoms with Gasteiger partial charge in [-0.05, 0) is 18.2 Å². The minimum Gasteiger partial charge on any atom is -0.468 e. The van der Waals surface area contributed by atoms with E-state index in [0.717, 1.165) is 12.3 Å². The number of halogens is 2. The topological polar surface area (TPSA) is 68.3 Å². The van der Waals surface area contributed by atoms with Gasteiger partial charge < -0.3 is 10.1 Å². The zero-order valence-corrected chi connectivity index (χ0v) is 10.4. The maximum Gasteiger partial charge on any atom is 0.325 e. The van der Waals surface area contributed by atoms with Gasteiger partial charge in [0, 0.05) is 11.6 Å². The van der Waals surface area contributed by atoms with E-state index in [1.165, 1.54) is 19.2 Å². The number of hydrogen-bond donors (Lipinski definition) is 1. The number of rotatable bonds is 3. The lowest BCUT2D eigenvalue weighted by Crippen LogP contribution is -2.30. The molecule has 0 spiro atoms. The highest BCUT2D eigenvalue weighted by atomic mass is 19.2. The SMILES string of the molecule is COC(=O)CNC(=O)c1cnc2c(F)c(F)ccc2c1. The molecule has 2 rings (SSSR count). The normalized spacial score (nSPS) is 10.3. The van der Waals surface area contributed by atoms with E-state index in [-0.39, 0.29) is 23.0 Å². The molecule has 1 aromatic carbocycles. The van der Waals surface area contributed by atoms with Gasteiger partial charge in [0.05, 0.1) is 12.7 Å². The Morgan fingerprint density at radius 2 is 2.10 bits per heavy atom. The molecule has 0 aliphatic carbocycles. The van der Waals surface area contributed by atoms with Crippen LogP contribution in [0.5, 0.6) is 0 Å². The van der Waals surface area contributed by atoms with Crippen molar-refractivity contribution >= 4 is 22.8 Å². The van der Waals surface area contributed by atoms with Crippen LogP contribution in [0.2, 0.25) is 0 Å². The highest BCUT2D eigenvalue weighted by Crippen LogP contribution is 2.19. The standard InChI is InChI=1S/C13H10F2N2O3/c1-20-10(18)6-17-13(19)8-4-7-2-3-9(14)11(15)12(7)16-5-8/h2-5H,6H2,1H3,(H,17,19). The first-order valence-corrected chi connectivity index (χ1v) is 5.61. The van der Waals surface area contributed by atoms with Crippen LogP contribution >= 0.6 is 0 Å². The van der Waals surface area contributed by atoms with Crippen molar-refractivity contribution in [3.8, 4) is 0 Å². The molecule has 0 unspecified atom stereocenters. The summed E-state index contributed by atoms with van der Waals surface area (Å²) in [5.74, 6) is -3.23. The lowest BCUT2D eigenvalue weighted by atomic mass is 10.1. The number of esters is 1. The van der Waals surface area contributed by atoms with Gasteiger partial charge in [0.1, 0.15) is 12.1 Å². The zero-order chi connectivity index (χ0) is 14.7. The van der Waals surface area contributed by atoms with Crippen molar-refractivity contribution in [3.63, 3.8) is 0 Å². The largest absolute Gasteiger partial charge is 0.468 e. The third kappa shape index (κ3) is 2.71. The van der Waals surface area contributed by atoms with Crippen LogP contribution in [0.25, 0.3) is 10.9 Å². The Balaban J connectivity index is 2.26. The third-order valence-electron chi connectivity index (χ3n) is 2.63. The highest BCUT2D eigenvalue weighted by molar-refractivity contribution is 5.98. The minimum atomic E-state index is -1.07. The van der Waals surface area contributed by atoms with Gasteiger partial charge in [0.2, 0.25) is 0 Å². The second-order valence-electron chi connectivity index (χ2n) is 3.92. The predicted molar refractivity (Wildman–Crippen MR) is 66.0 cm³/mol. The van der Waals surface area contributed by atoms with Crippen molar-refractivity contribution in [2.45, 2.75) is 0 Å². The van der Waals surface area contributed by atoms with Crippen LogP contribution in [0.3, 0.4) is 0 Å². The van der Waals surface area contributed by atoms with Crippen LogP contribution in [0.4, 0.5) is 8.78 Å². The number of benzene rings is 1. The van der Waals surface area contributed by atoms with E-state index >= 15 is 0 Å². The van der Waals surface area contributed by atoms with Crippen LogP contribution in [-0.2, 0) is 9.53 Å². The Bertz CT molecular complexity index is 689. The molecule has 104 valence electrons. The molecule has 0 saturated carbocycles. The Labute approximate surface area is 112 Å². The quantitative estimate of drug-likeness (QED) is 0.863. The summed E-state index contributed by atoms with van der Waals surface area (Å²) in [6.45, 7) is -0.287. The Morgan fingerprint density at radius 3 is 2.80 bits per heavy atom. The monoisotopic (exact) mass is 280 g/mol. The molecule has 0 aliphatic rings. The molecule has 2 aromatic rings. The summed E-state index contributed by atoms with van der Waals surface area (Å²) in [6, 6.07) is 3.63. The number of nitrogens with zero attached hydrogens (tertiary/aromatic N) is 1. The molecule has 1 aromatic heterocycles. The van der Waals surface area contributed by atoms with E-state index < -0.39 is 23.5 Å². The highest BCUT2D eigenvalue weighted by Gasteiger charge is 2.12. The molecule has 0 atom stereocenters. The van der Waals surface area contributed by atoms with Crippen molar-refractivity contribution in [2.24, 2.45) is 0 Å². The van der Waals surface area contributed by atoms with E-state index in [4.69, 9.17) is 0 Å². The second-order valence-corrected chi connectivity index (χ2v) is 3.92. The van der Waals surface area contributed by atoms with Crippen LogP contribution in [0.15, 0.2) is 24.4 Å². The molecule has 1 N–H and O–H groups in total. The fourth-order valence-corrected chi connectivity index (χ4v) is 1.59. The Morgan fingerprint density at radius 1 is 1.35 bits per heavy atom. The average molecular weight is 280 g/mol. The fraction of sp³-hybridized carbons (Fsp3) is 0.154. The van der Waals surface area contributed by atoms with Gasteiger partial charge >= 0.3 is 5.97 Å². The van der Waals surface area contributed by atoms with Crippen LogP contribution < -0.4 is 5.32 Å². The van der Waals surface area contributed by atoms with E-state index in [1.807, 2.05) is 0 Å². The molecule has 7 heteroatoms. The fourth-order valence-electron chi connectivity index (χ4n) is 1.59. The Kier molecular flexibility index (Phi) is 3.88. The van der Waals surface area contributed by atoms with Gasteiger partial charge in [-0.2, -0.15) is 0 Å². The number of hydrogen-bond acceptors (Lipinski definition) is 4. The first-order valence-electron chi connectivity index (χ1n) is 5.61. The number of ether oxygens (including phenoxy) is 1. The molecule has 0 bridgehead atoms. The molecule has 5 nitrogen and oxygen atoms in total. The van der Waals surface area contributed by atoms with Gasteiger partial charge in [0.25, 0.3) is 5.91 Å². The molecule has 1 amide bonds. The van der Waals surface area contributed by atoms with Crippen LogP contribution in [0.1, 0.15) is 10.4 Å². The van der Waals surface area contributed by atoms with Crippen molar-refractivity contribution < 1.29 is 23.1 Å². The van der Waals surface area contributed by atoms with Crippen LogP contribution in [-0.4, -0.2) is 30.5 Å². The van der Waals surface area contributed by atoms with Crippen molar-refractivity contribution in [1.82, 2.24) is 10.3 Å². The minimum absolute atomic E-state index is 0.132. The first-order chi connectivity index (χ1) is 9.52. The molecule has 1 heterocycles. The molecular weight excluding hydrogens is 270 g/mol. The number of amides is 1. The summed E-state index contributed by atoms with van der Waals surface area (Å²) < 4.78 is 30.8. The number of fused-ring (bicyclic) bond motifs is 1. The van der Waals surface area contributed by atoms with Gasteiger partial charge in [-0.25, -0.2) is 8.78 Å². The summed E-state index contributed by atoms with van der Waals surface area (Å²) in [5, 5.41) is 2.61. The van der Waals surface area contributed by atoms with Crippen molar-refractivity contribution in [2.75, 3.05) is 13.7 Å². The Hall–Kier alpha value is -2.57. The smallest absolute Gasteiger partial charge is 0.325 e. The van der Waals surface area contributed by atoms with Crippen molar-refractivity contribution in [3.05, 3.63) is 41.6 Å². The summed E-state index contributed by atoms with van der Waals surface area (Å²) in [5.41, 5.74) is -0.0260. The van der Waals surface area contributed by atoms with Gasteiger partial charge in [-0.3, -0.25) is 14.6 Å². The van der Waals surface area contributed by atoms with Gasteiger partial charge in [0.15, 0.2) is 11.6 Å². The van der Waals surface area contributed by atoms with Gasteiger partial charge in [-0.15, -0.1) is 0 Å². The maximum atomic E-state index is 13.4. The molecule has 0 fully saturated rings. The van der Waals surface area contributed by atoms with E-state index in [0.29, 0.717) is 0 Å². The maximum absolute atomic E-state index is 13.4. The number of nitrogens with one attached hydrogen (secondary N) is 1. The lowest BCUT2D eigenvalue weighted by Gasteiger charge is -2.05. The lowest BCUT2D eigenvalue weighted by molar-refractivity contribution is -0.139. The first kappa shape index (κ1) is 13.9. The van der Waals surface area contributed by atoms with E-state index in [1.54, 1.807) is 0 Å². The summed E-state index contributed by atoms with van der Waals surface area (Å²) >= 11 is 0. The summed E-state index contributed by atoms with van der Waals surface area (Å²) in [6.07, 6.45) is 1.11. The van der Waals surface area contributed by atoms with E-state index in [2.05, 4.69) is 15.0 Å². The number of aromatic nitrogens is 1. The average Bonchev–Trinajstić information content (AvgIpc) is 2.47. The molecule has 0 saturated heterocycles. The third-order valence-corrected chi connectivity index (χ3v) is 2.63. The van der Waals surface area contributed by atoms with Crippen molar-refractivity contribution in [1.29, 1.82) is 0 Å². The molecular formula is C13H10F2N2O3. The number of carbonyl (C=O) groups is 2. The number of carbonyl (C=O) groups excluding carboxylic acids is 2.